The molecule has 1 aromatic carbocycles. The molecule has 1 aliphatic rings. The van der Waals surface area contributed by atoms with E-state index in [9.17, 15) is 4.79 Å². The van der Waals surface area contributed by atoms with Gasteiger partial charge < -0.3 is 9.64 Å². The van der Waals surface area contributed by atoms with Gasteiger partial charge in [0.25, 0.3) is 0 Å². The van der Waals surface area contributed by atoms with E-state index < -0.39 is 0 Å². The Bertz CT molecular complexity index is 601. The van der Waals surface area contributed by atoms with E-state index in [2.05, 4.69) is 17.1 Å². The smallest absolute Gasteiger partial charge is 0.223 e. The third kappa shape index (κ3) is 3.52. The molecule has 1 amide bonds. The maximum atomic E-state index is 12.6. The van der Waals surface area contributed by atoms with Crippen molar-refractivity contribution in [1.29, 1.82) is 0 Å². The van der Waals surface area contributed by atoms with Crippen LogP contribution in [0.1, 0.15) is 23.6 Å². The fourth-order valence-electron chi connectivity index (χ4n) is 2.79. The number of rotatable bonds is 4. The first-order chi connectivity index (χ1) is 10.8. The standard InChI is InChI=1S/C18H20N2O2/c21-18(9-8-15-5-4-10-19-13-15)20-11-12-22-14-17(20)16-6-2-1-3-7-16/h1-7,10,13,17H,8-9,11-12,14H2/t17-/m1/s1. The summed E-state index contributed by atoms with van der Waals surface area (Å²) in [4.78, 5) is 18.7. The van der Waals surface area contributed by atoms with Gasteiger partial charge in [-0.15, -0.1) is 0 Å². The molecule has 22 heavy (non-hydrogen) atoms. The molecule has 0 bridgehead atoms. The van der Waals surface area contributed by atoms with E-state index in [1.165, 1.54) is 0 Å². The predicted octanol–water partition coefficient (Wildman–Crippen LogP) is 2.61. The first-order valence-electron chi connectivity index (χ1n) is 7.65. The second-order valence-electron chi connectivity index (χ2n) is 5.45. The van der Waals surface area contributed by atoms with Gasteiger partial charge in [-0.3, -0.25) is 9.78 Å². The number of carbonyl (C=O) groups excluding carboxylic acids is 1. The molecule has 1 fully saturated rings. The third-order valence-electron chi connectivity index (χ3n) is 3.98. The van der Waals surface area contributed by atoms with Gasteiger partial charge >= 0.3 is 0 Å². The van der Waals surface area contributed by atoms with Crippen LogP contribution in [0.5, 0.6) is 0 Å². The van der Waals surface area contributed by atoms with Crippen molar-refractivity contribution in [3.05, 3.63) is 66.0 Å². The van der Waals surface area contributed by atoms with Crippen LogP contribution in [0.25, 0.3) is 0 Å². The predicted molar refractivity (Wildman–Crippen MR) is 84.3 cm³/mol. The lowest BCUT2D eigenvalue weighted by Gasteiger charge is -2.36. The van der Waals surface area contributed by atoms with Crippen molar-refractivity contribution in [2.45, 2.75) is 18.9 Å². The highest BCUT2D eigenvalue weighted by Gasteiger charge is 2.28. The first kappa shape index (κ1) is 14.7. The summed E-state index contributed by atoms with van der Waals surface area (Å²) in [5, 5.41) is 0. The van der Waals surface area contributed by atoms with Crippen molar-refractivity contribution in [3.8, 4) is 0 Å². The van der Waals surface area contributed by atoms with E-state index in [0.717, 1.165) is 17.5 Å². The molecule has 0 unspecified atom stereocenters. The van der Waals surface area contributed by atoms with Gasteiger partial charge in [-0.25, -0.2) is 0 Å². The van der Waals surface area contributed by atoms with Crippen molar-refractivity contribution in [3.63, 3.8) is 0 Å². The van der Waals surface area contributed by atoms with E-state index in [0.29, 0.717) is 26.2 Å². The molecule has 114 valence electrons. The largest absolute Gasteiger partial charge is 0.377 e. The van der Waals surface area contributed by atoms with Crippen LogP contribution in [-0.4, -0.2) is 35.5 Å². The minimum absolute atomic E-state index is 0.0244. The molecule has 2 heterocycles. The Kier molecular flexibility index (Phi) is 4.81. The third-order valence-corrected chi connectivity index (χ3v) is 3.98. The van der Waals surface area contributed by atoms with Gasteiger partial charge in [-0.2, -0.15) is 0 Å². The summed E-state index contributed by atoms with van der Waals surface area (Å²) in [6.45, 7) is 1.84. The molecule has 2 aromatic rings. The van der Waals surface area contributed by atoms with Gasteiger partial charge in [0.05, 0.1) is 19.3 Å². The minimum atomic E-state index is 0.0244. The number of ether oxygens (including phenoxy) is 1. The molecule has 3 rings (SSSR count). The van der Waals surface area contributed by atoms with Crippen molar-refractivity contribution in [2.75, 3.05) is 19.8 Å². The van der Waals surface area contributed by atoms with E-state index in [4.69, 9.17) is 4.74 Å². The van der Waals surface area contributed by atoms with Gasteiger partial charge in [0.15, 0.2) is 0 Å². The number of morpholine rings is 1. The Balaban J connectivity index is 1.66. The number of carbonyl (C=O) groups is 1. The molecule has 4 heteroatoms. The fourth-order valence-corrected chi connectivity index (χ4v) is 2.79. The number of aryl methyl sites for hydroxylation is 1. The molecule has 1 atom stereocenters. The van der Waals surface area contributed by atoms with Crippen molar-refractivity contribution < 1.29 is 9.53 Å². The molecule has 0 radical (unpaired) electrons. The molecule has 0 spiro atoms. The van der Waals surface area contributed by atoms with Crippen LogP contribution in [0.15, 0.2) is 54.9 Å². The summed E-state index contributed by atoms with van der Waals surface area (Å²) in [6.07, 6.45) is 4.81. The summed E-state index contributed by atoms with van der Waals surface area (Å²) in [6, 6.07) is 14.0. The van der Waals surface area contributed by atoms with Crippen LogP contribution in [0.2, 0.25) is 0 Å². The molecule has 0 saturated carbocycles. The quantitative estimate of drug-likeness (QED) is 0.871. The monoisotopic (exact) mass is 296 g/mol. The van der Waals surface area contributed by atoms with Crippen LogP contribution in [0, 0.1) is 0 Å². The normalized spacial score (nSPS) is 18.2. The van der Waals surface area contributed by atoms with Gasteiger partial charge in [0.1, 0.15) is 0 Å². The van der Waals surface area contributed by atoms with Crippen molar-refractivity contribution in [2.24, 2.45) is 0 Å². The molecule has 1 saturated heterocycles. The van der Waals surface area contributed by atoms with Crippen LogP contribution >= 0.6 is 0 Å². The Morgan fingerprint density at radius 1 is 1.23 bits per heavy atom. The number of pyridine rings is 1. The number of hydrogen-bond acceptors (Lipinski definition) is 3. The molecule has 4 nitrogen and oxygen atoms in total. The lowest BCUT2D eigenvalue weighted by Crippen LogP contribution is -2.43. The minimum Gasteiger partial charge on any atom is -0.377 e. The van der Waals surface area contributed by atoms with Gasteiger partial charge in [-0.1, -0.05) is 36.4 Å². The maximum absolute atomic E-state index is 12.6. The Hall–Kier alpha value is -2.20. The lowest BCUT2D eigenvalue weighted by atomic mass is 10.0. The van der Waals surface area contributed by atoms with Crippen LogP contribution in [-0.2, 0) is 16.0 Å². The summed E-state index contributed by atoms with van der Waals surface area (Å²) in [7, 11) is 0. The zero-order valence-corrected chi connectivity index (χ0v) is 12.5. The summed E-state index contributed by atoms with van der Waals surface area (Å²) >= 11 is 0. The lowest BCUT2D eigenvalue weighted by molar-refractivity contribution is -0.140. The van der Waals surface area contributed by atoms with E-state index >= 15 is 0 Å². The van der Waals surface area contributed by atoms with E-state index in [1.807, 2.05) is 41.4 Å². The van der Waals surface area contributed by atoms with Gasteiger partial charge in [0, 0.05) is 25.4 Å². The van der Waals surface area contributed by atoms with Crippen LogP contribution in [0.3, 0.4) is 0 Å². The topological polar surface area (TPSA) is 42.4 Å². The second-order valence-corrected chi connectivity index (χ2v) is 5.45. The number of amides is 1. The Morgan fingerprint density at radius 3 is 2.86 bits per heavy atom. The Labute approximate surface area is 130 Å². The fraction of sp³-hybridized carbons (Fsp3) is 0.333. The molecule has 0 N–H and O–H groups in total. The number of nitrogens with zero attached hydrogens (tertiary/aromatic N) is 2. The Morgan fingerprint density at radius 2 is 2.09 bits per heavy atom. The number of benzene rings is 1. The molecule has 1 aromatic heterocycles. The first-order valence-corrected chi connectivity index (χ1v) is 7.65. The molecule has 1 aliphatic heterocycles. The van der Waals surface area contributed by atoms with Crippen LogP contribution in [0.4, 0.5) is 0 Å². The van der Waals surface area contributed by atoms with E-state index in [1.54, 1.807) is 6.20 Å². The van der Waals surface area contributed by atoms with E-state index in [-0.39, 0.29) is 11.9 Å². The zero-order chi connectivity index (χ0) is 15.2. The van der Waals surface area contributed by atoms with Gasteiger partial charge in [-0.05, 0) is 23.6 Å². The summed E-state index contributed by atoms with van der Waals surface area (Å²) in [5.74, 6) is 0.181. The summed E-state index contributed by atoms with van der Waals surface area (Å²) < 4.78 is 5.58. The van der Waals surface area contributed by atoms with Crippen LogP contribution < -0.4 is 0 Å². The highest BCUT2D eigenvalue weighted by Crippen LogP contribution is 2.24. The maximum Gasteiger partial charge on any atom is 0.223 e. The van der Waals surface area contributed by atoms with Crippen molar-refractivity contribution >= 4 is 5.91 Å². The van der Waals surface area contributed by atoms with Gasteiger partial charge in [0.2, 0.25) is 5.91 Å². The zero-order valence-electron chi connectivity index (χ0n) is 12.5. The molecule has 0 aliphatic carbocycles. The summed E-state index contributed by atoms with van der Waals surface area (Å²) in [5.41, 5.74) is 2.23. The highest BCUT2D eigenvalue weighted by atomic mass is 16.5. The number of aromatic nitrogens is 1. The van der Waals surface area contributed by atoms with Crippen molar-refractivity contribution in [1.82, 2.24) is 9.88 Å². The highest BCUT2D eigenvalue weighted by molar-refractivity contribution is 5.77. The molecular formula is C18H20N2O2. The average Bonchev–Trinajstić information content (AvgIpc) is 2.61. The average molecular weight is 296 g/mol. The molecular weight excluding hydrogens is 276 g/mol. The second kappa shape index (κ2) is 7.18. The number of hydrogen-bond donors (Lipinski definition) is 0. The SMILES string of the molecule is O=C(CCc1cccnc1)N1CCOC[C@@H]1c1ccccc1.